The molecule has 10 heteroatoms. The predicted molar refractivity (Wildman–Crippen MR) is 119 cm³/mol. The van der Waals surface area contributed by atoms with Crippen molar-refractivity contribution in [2.45, 2.75) is 17.4 Å². The van der Waals surface area contributed by atoms with Crippen LogP contribution in [0, 0.1) is 0 Å². The highest BCUT2D eigenvalue weighted by Gasteiger charge is 2.28. The Hall–Kier alpha value is -2.49. The number of hydrogen-bond donors (Lipinski definition) is 2. The normalized spacial score (nSPS) is 16.1. The number of nitrogens with two attached hydrogens (primary N) is 1. The number of anilines is 2. The molecule has 1 aliphatic heterocycles. The molecule has 0 bridgehead atoms. The van der Waals surface area contributed by atoms with Gasteiger partial charge in [-0.3, -0.25) is 0 Å². The average molecular weight is 467 g/mol. The van der Waals surface area contributed by atoms with Gasteiger partial charge < -0.3 is 16.0 Å². The lowest BCUT2D eigenvalue weighted by atomic mass is 10.1. The molecule has 3 N–H and O–H groups in total. The number of fused-ring (bicyclic) bond motifs is 2. The summed E-state index contributed by atoms with van der Waals surface area (Å²) in [5.41, 5.74) is 6.81. The van der Waals surface area contributed by atoms with Crippen LogP contribution in [0.4, 0.5) is 20.3 Å². The fraction of sp³-hybridized carbons (Fsp3) is 0.286. The van der Waals surface area contributed by atoms with Crippen LogP contribution in [0.15, 0.2) is 53.4 Å². The van der Waals surface area contributed by atoms with Crippen molar-refractivity contribution in [3.05, 3.63) is 59.1 Å². The second kappa shape index (κ2) is 8.22. The van der Waals surface area contributed by atoms with Gasteiger partial charge in [-0.25, -0.2) is 22.2 Å². The summed E-state index contributed by atoms with van der Waals surface area (Å²) in [6, 6.07) is 13.5. The minimum Gasteiger partial charge on any atom is -0.378 e. The molecule has 1 aromatic heterocycles. The smallest absolute Gasteiger partial charge is 0.276 e. The highest BCUT2D eigenvalue weighted by molar-refractivity contribution is 7.91. The average Bonchev–Trinajstić information content (AvgIpc) is 2.88. The summed E-state index contributed by atoms with van der Waals surface area (Å²) in [5.74, 6) is -2.66. The van der Waals surface area contributed by atoms with Crippen LogP contribution in [-0.2, 0) is 16.4 Å². The van der Waals surface area contributed by atoms with Crippen molar-refractivity contribution in [1.29, 1.82) is 0 Å². The zero-order chi connectivity index (χ0) is 22.2. The van der Waals surface area contributed by atoms with Crippen LogP contribution in [0.25, 0.3) is 10.9 Å². The van der Waals surface area contributed by atoms with E-state index in [9.17, 15) is 17.2 Å². The van der Waals surface area contributed by atoms with Gasteiger partial charge in [-0.15, -0.1) is 0 Å². The summed E-state index contributed by atoms with van der Waals surface area (Å²) in [7, 11) is -3.43. The first-order valence-corrected chi connectivity index (χ1v) is 11.7. The standard InChI is InChI=1S/C21H21ClF2N4O2S/c22-15-5-6-17-16(9-15)18(26-13-21(23,24)12-25)10-20(27-17)28-7-8-31(29,30)19-4-2-1-3-14(19)11-28/h1-6,9-10H,7-8,11-13,25H2,(H,26,27). The maximum atomic E-state index is 13.8. The predicted octanol–water partition coefficient (Wildman–Crippen LogP) is 3.69. The minimum atomic E-state index is -3.43. The summed E-state index contributed by atoms with van der Waals surface area (Å²) in [5, 5.41) is 3.80. The van der Waals surface area contributed by atoms with Crippen molar-refractivity contribution < 1.29 is 17.2 Å². The van der Waals surface area contributed by atoms with Gasteiger partial charge in [0.25, 0.3) is 5.92 Å². The minimum absolute atomic E-state index is 0.0711. The van der Waals surface area contributed by atoms with Gasteiger partial charge in [0.05, 0.1) is 29.3 Å². The monoisotopic (exact) mass is 466 g/mol. The largest absolute Gasteiger partial charge is 0.378 e. The number of pyridine rings is 1. The van der Waals surface area contributed by atoms with Gasteiger partial charge in [-0.2, -0.15) is 0 Å². The Morgan fingerprint density at radius 3 is 2.74 bits per heavy atom. The van der Waals surface area contributed by atoms with Gasteiger partial charge >= 0.3 is 0 Å². The first-order chi connectivity index (χ1) is 14.7. The Kier molecular flexibility index (Phi) is 5.76. The summed E-state index contributed by atoms with van der Waals surface area (Å²) in [6.07, 6.45) is 0. The molecule has 0 unspecified atom stereocenters. The summed E-state index contributed by atoms with van der Waals surface area (Å²) >= 11 is 6.10. The fourth-order valence-corrected chi connectivity index (χ4v) is 5.22. The lowest BCUT2D eigenvalue weighted by Crippen LogP contribution is -2.35. The van der Waals surface area contributed by atoms with E-state index in [1.54, 1.807) is 48.5 Å². The number of benzene rings is 2. The van der Waals surface area contributed by atoms with E-state index in [0.717, 1.165) is 0 Å². The molecule has 0 atom stereocenters. The second-order valence-electron chi connectivity index (χ2n) is 7.45. The summed E-state index contributed by atoms with van der Waals surface area (Å²) in [6.45, 7) is -0.870. The summed E-state index contributed by atoms with van der Waals surface area (Å²) in [4.78, 5) is 6.80. The highest BCUT2D eigenvalue weighted by Crippen LogP contribution is 2.32. The quantitative estimate of drug-likeness (QED) is 0.596. The molecule has 6 nitrogen and oxygen atoms in total. The van der Waals surface area contributed by atoms with E-state index >= 15 is 0 Å². The van der Waals surface area contributed by atoms with Crippen molar-refractivity contribution in [1.82, 2.24) is 4.98 Å². The van der Waals surface area contributed by atoms with E-state index in [1.165, 1.54) is 0 Å². The molecule has 2 heterocycles. The Morgan fingerprint density at radius 1 is 1.19 bits per heavy atom. The van der Waals surface area contributed by atoms with Crippen LogP contribution in [0.1, 0.15) is 5.56 Å². The van der Waals surface area contributed by atoms with Crippen molar-refractivity contribution >= 4 is 43.8 Å². The number of halogens is 3. The first kappa shape index (κ1) is 21.7. The fourth-order valence-electron chi connectivity index (χ4n) is 3.55. The van der Waals surface area contributed by atoms with E-state index in [1.807, 2.05) is 4.90 Å². The number of sulfone groups is 1. The maximum absolute atomic E-state index is 13.8. The number of hydrogen-bond acceptors (Lipinski definition) is 6. The van der Waals surface area contributed by atoms with Crippen LogP contribution in [0.2, 0.25) is 5.02 Å². The topological polar surface area (TPSA) is 88.3 Å². The van der Waals surface area contributed by atoms with Crippen molar-refractivity contribution in [3.63, 3.8) is 0 Å². The molecule has 2 aromatic carbocycles. The van der Waals surface area contributed by atoms with E-state index in [-0.39, 0.29) is 12.3 Å². The van der Waals surface area contributed by atoms with E-state index < -0.39 is 28.8 Å². The highest BCUT2D eigenvalue weighted by atomic mass is 35.5. The van der Waals surface area contributed by atoms with Crippen LogP contribution < -0.4 is 16.0 Å². The lowest BCUT2D eigenvalue weighted by molar-refractivity contribution is 0.0254. The number of alkyl halides is 2. The maximum Gasteiger partial charge on any atom is 0.276 e. The molecule has 0 saturated carbocycles. The zero-order valence-corrected chi connectivity index (χ0v) is 18.1. The van der Waals surface area contributed by atoms with Gasteiger partial charge in [0, 0.05) is 35.3 Å². The van der Waals surface area contributed by atoms with Gasteiger partial charge in [-0.1, -0.05) is 29.8 Å². The molecule has 0 aliphatic carbocycles. The second-order valence-corrected chi connectivity index (χ2v) is 9.97. The van der Waals surface area contributed by atoms with Crippen LogP contribution >= 0.6 is 11.6 Å². The van der Waals surface area contributed by atoms with E-state index in [2.05, 4.69) is 10.3 Å². The SMILES string of the molecule is NCC(F)(F)CNc1cc(N2CCS(=O)(=O)c3ccccc3C2)nc2ccc(Cl)cc12. The van der Waals surface area contributed by atoms with Gasteiger partial charge in [-0.05, 0) is 29.8 Å². The molecule has 1 aliphatic rings. The molecule has 31 heavy (non-hydrogen) atoms. The van der Waals surface area contributed by atoms with Crippen molar-refractivity contribution in [2.24, 2.45) is 5.73 Å². The number of rotatable bonds is 5. The van der Waals surface area contributed by atoms with Crippen molar-refractivity contribution in [3.8, 4) is 0 Å². The molecule has 0 radical (unpaired) electrons. The third-order valence-electron chi connectivity index (χ3n) is 5.22. The van der Waals surface area contributed by atoms with Gasteiger partial charge in [0.2, 0.25) is 0 Å². The Balaban J connectivity index is 1.77. The molecule has 0 spiro atoms. The first-order valence-electron chi connectivity index (χ1n) is 9.66. The van der Waals surface area contributed by atoms with E-state index in [4.69, 9.17) is 17.3 Å². The molecule has 164 valence electrons. The number of nitrogens with zero attached hydrogens (tertiary/aromatic N) is 2. The molecular formula is C21H21ClF2N4O2S. The Labute approximate surface area is 183 Å². The molecule has 4 rings (SSSR count). The van der Waals surface area contributed by atoms with Crippen LogP contribution in [0.5, 0.6) is 0 Å². The van der Waals surface area contributed by atoms with E-state index in [0.29, 0.717) is 44.4 Å². The third-order valence-corrected chi connectivity index (χ3v) is 7.24. The molecule has 0 saturated heterocycles. The zero-order valence-electron chi connectivity index (χ0n) is 16.5. The Bertz CT molecular complexity index is 1240. The van der Waals surface area contributed by atoms with Crippen molar-refractivity contribution in [2.75, 3.05) is 35.6 Å². The molecule has 3 aromatic rings. The van der Waals surface area contributed by atoms with Crippen LogP contribution in [0.3, 0.4) is 0 Å². The number of nitrogens with one attached hydrogen (secondary N) is 1. The molecular weight excluding hydrogens is 446 g/mol. The van der Waals surface area contributed by atoms with Crippen LogP contribution in [-0.4, -0.2) is 44.7 Å². The molecule has 0 amide bonds. The van der Waals surface area contributed by atoms with Gasteiger partial charge in [0.15, 0.2) is 9.84 Å². The van der Waals surface area contributed by atoms with Gasteiger partial charge in [0.1, 0.15) is 5.82 Å². The summed E-state index contributed by atoms with van der Waals surface area (Å²) < 4.78 is 52.9. The lowest BCUT2D eigenvalue weighted by Gasteiger charge is -2.24. The third kappa shape index (κ3) is 4.58. The Morgan fingerprint density at radius 2 is 1.97 bits per heavy atom. The number of aromatic nitrogens is 1. The molecule has 0 fully saturated rings.